The number of H-pyrrole nitrogens is 1. The normalized spacial score (nSPS) is 33.4. The summed E-state index contributed by atoms with van der Waals surface area (Å²) in [7, 11) is -3.77. The Morgan fingerprint density at radius 1 is 1.25 bits per heavy atom. The first-order chi connectivity index (χ1) is 7.57. The summed E-state index contributed by atoms with van der Waals surface area (Å²) in [4.78, 5) is 3.99. The molecule has 1 heterocycles. The summed E-state index contributed by atoms with van der Waals surface area (Å²) in [6.07, 6.45) is 4.99. The van der Waals surface area contributed by atoms with Gasteiger partial charge in [-0.05, 0) is 24.7 Å². The van der Waals surface area contributed by atoms with E-state index in [-0.39, 0.29) is 5.16 Å². The van der Waals surface area contributed by atoms with E-state index in [1.165, 1.54) is 25.7 Å². The topological polar surface area (TPSA) is 102 Å². The standard InChI is InChI=1S/C9H14N4O2S/c10-16(14,15)9-11-8(12-13-9)7-5-3-1-2-4-6(5)7/h5-7H,1-4H2,(H2,10,14,15)(H,11,12,13). The van der Waals surface area contributed by atoms with Crippen molar-refractivity contribution in [2.24, 2.45) is 17.0 Å². The SMILES string of the molecule is NS(=O)(=O)c1n[nH]c(C2C3CCCCC32)n1. The van der Waals surface area contributed by atoms with Crippen LogP contribution in [0.3, 0.4) is 0 Å². The zero-order valence-corrected chi connectivity index (χ0v) is 9.57. The number of aromatic nitrogens is 3. The molecule has 1 aromatic rings. The maximum absolute atomic E-state index is 11.0. The average Bonchev–Trinajstić information content (AvgIpc) is 2.72. The summed E-state index contributed by atoms with van der Waals surface area (Å²) in [5, 5.41) is 11.0. The molecule has 0 aliphatic heterocycles. The molecule has 0 bridgehead atoms. The Morgan fingerprint density at radius 3 is 2.38 bits per heavy atom. The first-order valence-corrected chi connectivity index (χ1v) is 7.07. The highest BCUT2D eigenvalue weighted by atomic mass is 32.2. The highest BCUT2D eigenvalue weighted by Crippen LogP contribution is 2.60. The van der Waals surface area contributed by atoms with Gasteiger partial charge in [0.05, 0.1) is 0 Å². The van der Waals surface area contributed by atoms with Crippen molar-refractivity contribution in [1.29, 1.82) is 0 Å². The highest BCUT2D eigenvalue weighted by molar-refractivity contribution is 7.89. The molecule has 0 spiro atoms. The van der Waals surface area contributed by atoms with Gasteiger partial charge in [-0.15, -0.1) is 5.10 Å². The second kappa shape index (κ2) is 3.27. The van der Waals surface area contributed by atoms with Crippen molar-refractivity contribution < 1.29 is 8.42 Å². The number of hydrogen-bond donors (Lipinski definition) is 2. The van der Waals surface area contributed by atoms with Crippen LogP contribution in [-0.4, -0.2) is 23.6 Å². The van der Waals surface area contributed by atoms with Crippen LogP contribution >= 0.6 is 0 Å². The number of nitrogens with zero attached hydrogens (tertiary/aromatic N) is 2. The third-order valence-electron chi connectivity index (χ3n) is 3.71. The van der Waals surface area contributed by atoms with E-state index in [9.17, 15) is 8.42 Å². The molecule has 2 unspecified atom stereocenters. The maximum atomic E-state index is 11.0. The predicted octanol–water partition coefficient (Wildman–Crippen LogP) is 0.356. The summed E-state index contributed by atoms with van der Waals surface area (Å²) in [5.41, 5.74) is 0. The molecule has 2 atom stereocenters. The molecule has 2 saturated carbocycles. The molecule has 7 heteroatoms. The van der Waals surface area contributed by atoms with Crippen molar-refractivity contribution in [3.8, 4) is 0 Å². The Balaban J connectivity index is 1.84. The van der Waals surface area contributed by atoms with Crippen LogP contribution in [0.15, 0.2) is 5.16 Å². The number of sulfonamides is 1. The number of nitrogens with two attached hydrogens (primary N) is 1. The largest absolute Gasteiger partial charge is 0.282 e. The number of fused-ring (bicyclic) bond motifs is 1. The minimum absolute atomic E-state index is 0.286. The van der Waals surface area contributed by atoms with Crippen molar-refractivity contribution in [2.75, 3.05) is 0 Å². The Morgan fingerprint density at radius 2 is 1.88 bits per heavy atom. The van der Waals surface area contributed by atoms with Crippen LogP contribution in [0.1, 0.15) is 37.4 Å². The van der Waals surface area contributed by atoms with Crippen LogP contribution in [0.4, 0.5) is 0 Å². The van der Waals surface area contributed by atoms with Gasteiger partial charge in [0, 0.05) is 5.92 Å². The lowest BCUT2D eigenvalue weighted by atomic mass is 10.0. The summed E-state index contributed by atoms with van der Waals surface area (Å²) in [6.45, 7) is 0. The van der Waals surface area contributed by atoms with Crippen LogP contribution < -0.4 is 5.14 Å². The molecule has 3 N–H and O–H groups in total. The quantitative estimate of drug-likeness (QED) is 0.781. The van der Waals surface area contributed by atoms with Gasteiger partial charge in [0.2, 0.25) is 0 Å². The van der Waals surface area contributed by atoms with E-state index in [4.69, 9.17) is 5.14 Å². The third kappa shape index (κ3) is 1.54. The predicted molar refractivity (Wildman–Crippen MR) is 55.9 cm³/mol. The number of nitrogens with one attached hydrogen (secondary N) is 1. The first kappa shape index (κ1) is 10.2. The van der Waals surface area contributed by atoms with Gasteiger partial charge >= 0.3 is 0 Å². The molecule has 88 valence electrons. The molecular weight excluding hydrogens is 228 g/mol. The van der Waals surface area contributed by atoms with Gasteiger partial charge in [0.1, 0.15) is 5.82 Å². The molecule has 2 fully saturated rings. The van der Waals surface area contributed by atoms with Crippen molar-refractivity contribution in [3.05, 3.63) is 5.82 Å². The molecule has 2 aliphatic rings. The van der Waals surface area contributed by atoms with Crippen LogP contribution in [-0.2, 0) is 10.0 Å². The fraction of sp³-hybridized carbons (Fsp3) is 0.778. The maximum Gasteiger partial charge on any atom is 0.282 e. The summed E-state index contributed by atoms with van der Waals surface area (Å²) in [5.74, 6) is 2.43. The molecule has 16 heavy (non-hydrogen) atoms. The van der Waals surface area contributed by atoms with Crippen LogP contribution in [0.5, 0.6) is 0 Å². The Hall–Kier alpha value is -0.950. The first-order valence-electron chi connectivity index (χ1n) is 5.52. The lowest BCUT2D eigenvalue weighted by Crippen LogP contribution is -2.13. The smallest absolute Gasteiger partial charge is 0.262 e. The number of rotatable bonds is 2. The molecular formula is C9H14N4O2S. The number of aromatic amines is 1. The highest BCUT2D eigenvalue weighted by Gasteiger charge is 2.53. The van der Waals surface area contributed by atoms with Crippen LogP contribution in [0.25, 0.3) is 0 Å². The molecule has 1 aromatic heterocycles. The van der Waals surface area contributed by atoms with E-state index in [1.807, 2.05) is 0 Å². The van der Waals surface area contributed by atoms with Gasteiger partial charge in [0.25, 0.3) is 15.2 Å². The van der Waals surface area contributed by atoms with Crippen molar-refractivity contribution in [2.45, 2.75) is 36.8 Å². The van der Waals surface area contributed by atoms with E-state index in [1.54, 1.807) is 0 Å². The summed E-state index contributed by atoms with van der Waals surface area (Å²) in [6, 6.07) is 0. The van der Waals surface area contributed by atoms with Gasteiger partial charge in [-0.3, -0.25) is 5.10 Å². The fourth-order valence-corrected chi connectivity index (χ4v) is 3.33. The lowest BCUT2D eigenvalue weighted by Gasteiger charge is -2.04. The van der Waals surface area contributed by atoms with E-state index >= 15 is 0 Å². The molecule has 0 amide bonds. The monoisotopic (exact) mass is 242 g/mol. The third-order valence-corrected chi connectivity index (χ3v) is 4.40. The van der Waals surface area contributed by atoms with Crippen molar-refractivity contribution in [1.82, 2.24) is 15.2 Å². The van der Waals surface area contributed by atoms with E-state index < -0.39 is 10.0 Å². The van der Waals surface area contributed by atoms with Crippen molar-refractivity contribution >= 4 is 10.0 Å². The second-order valence-corrected chi connectivity index (χ2v) is 6.14. The minimum Gasteiger partial charge on any atom is -0.262 e. The molecule has 0 radical (unpaired) electrons. The molecule has 3 rings (SSSR count). The molecule has 2 aliphatic carbocycles. The van der Waals surface area contributed by atoms with Gasteiger partial charge in [-0.2, -0.15) is 0 Å². The Bertz CT molecular complexity index is 497. The van der Waals surface area contributed by atoms with Crippen LogP contribution in [0, 0.1) is 11.8 Å². The number of hydrogen-bond acceptors (Lipinski definition) is 4. The van der Waals surface area contributed by atoms with Gasteiger partial charge in [-0.1, -0.05) is 12.8 Å². The van der Waals surface area contributed by atoms with E-state index in [2.05, 4.69) is 15.2 Å². The second-order valence-electron chi connectivity index (χ2n) is 4.69. The van der Waals surface area contributed by atoms with E-state index in [0.29, 0.717) is 23.6 Å². The lowest BCUT2D eigenvalue weighted by molar-refractivity contribution is 0.480. The van der Waals surface area contributed by atoms with Gasteiger partial charge < -0.3 is 0 Å². The summed E-state index contributed by atoms with van der Waals surface area (Å²) < 4.78 is 22.1. The fourth-order valence-electron chi connectivity index (χ4n) is 2.93. The van der Waals surface area contributed by atoms with E-state index in [0.717, 1.165) is 0 Å². The Kier molecular flexibility index (Phi) is 2.09. The van der Waals surface area contributed by atoms with Gasteiger partial charge in [-0.25, -0.2) is 18.5 Å². The van der Waals surface area contributed by atoms with Crippen molar-refractivity contribution in [3.63, 3.8) is 0 Å². The molecule has 0 saturated heterocycles. The minimum atomic E-state index is -3.77. The van der Waals surface area contributed by atoms with Crippen LogP contribution in [0.2, 0.25) is 0 Å². The number of primary sulfonamides is 1. The molecule has 0 aromatic carbocycles. The summed E-state index contributed by atoms with van der Waals surface area (Å²) >= 11 is 0. The zero-order valence-electron chi connectivity index (χ0n) is 8.76. The van der Waals surface area contributed by atoms with Gasteiger partial charge in [0.15, 0.2) is 0 Å². The zero-order chi connectivity index (χ0) is 11.3. The molecule has 6 nitrogen and oxygen atoms in total. The Labute approximate surface area is 93.7 Å². The average molecular weight is 242 g/mol.